The first-order chi connectivity index (χ1) is 10.2. The summed E-state index contributed by atoms with van der Waals surface area (Å²) in [5, 5.41) is 9.22. The molecule has 114 valence electrons. The van der Waals surface area contributed by atoms with Gasteiger partial charge in [0.1, 0.15) is 0 Å². The van der Waals surface area contributed by atoms with Crippen molar-refractivity contribution in [3.05, 3.63) is 64.7 Å². The van der Waals surface area contributed by atoms with E-state index in [2.05, 4.69) is 0 Å². The van der Waals surface area contributed by atoms with E-state index >= 15 is 0 Å². The highest BCUT2D eigenvalue weighted by Gasteiger charge is 2.25. The third-order valence-corrected chi connectivity index (χ3v) is 4.18. The molecule has 0 saturated carbocycles. The SMILES string of the molecule is Cc1c(S(=O)(=O)O)ccc(C(=O)O)c1C(=O)c1ccccc1. The first-order valence-corrected chi connectivity index (χ1v) is 7.61. The Labute approximate surface area is 126 Å². The van der Waals surface area contributed by atoms with Crippen molar-refractivity contribution in [2.24, 2.45) is 0 Å². The molecule has 2 rings (SSSR count). The Bertz CT molecular complexity index is 853. The van der Waals surface area contributed by atoms with E-state index in [1.165, 1.54) is 19.1 Å². The minimum absolute atomic E-state index is 0.101. The van der Waals surface area contributed by atoms with Crippen LogP contribution in [-0.2, 0) is 10.1 Å². The smallest absolute Gasteiger partial charge is 0.336 e. The molecule has 0 aromatic heterocycles. The normalized spacial score (nSPS) is 11.2. The van der Waals surface area contributed by atoms with Gasteiger partial charge in [-0.05, 0) is 24.6 Å². The van der Waals surface area contributed by atoms with E-state index < -0.39 is 26.8 Å². The van der Waals surface area contributed by atoms with Crippen molar-refractivity contribution < 1.29 is 27.7 Å². The van der Waals surface area contributed by atoms with E-state index in [9.17, 15) is 27.7 Å². The monoisotopic (exact) mass is 320 g/mol. The molecule has 0 saturated heterocycles. The molecule has 0 spiro atoms. The fraction of sp³-hybridized carbons (Fsp3) is 0.0667. The molecule has 0 aliphatic heterocycles. The van der Waals surface area contributed by atoms with Crippen LogP contribution in [0.2, 0.25) is 0 Å². The van der Waals surface area contributed by atoms with Gasteiger partial charge in [0.05, 0.1) is 10.5 Å². The van der Waals surface area contributed by atoms with Gasteiger partial charge in [-0.3, -0.25) is 9.35 Å². The van der Waals surface area contributed by atoms with Crippen LogP contribution in [0.3, 0.4) is 0 Å². The van der Waals surface area contributed by atoms with Crippen LogP contribution in [0.4, 0.5) is 0 Å². The molecule has 0 unspecified atom stereocenters. The largest absolute Gasteiger partial charge is 0.478 e. The number of benzene rings is 2. The zero-order valence-corrected chi connectivity index (χ0v) is 12.3. The molecule has 0 aliphatic rings. The Balaban J connectivity index is 2.77. The number of carbonyl (C=O) groups is 2. The summed E-state index contributed by atoms with van der Waals surface area (Å²) in [7, 11) is -4.56. The molecule has 0 heterocycles. The van der Waals surface area contributed by atoms with Crippen LogP contribution < -0.4 is 0 Å². The maximum atomic E-state index is 12.5. The highest BCUT2D eigenvalue weighted by molar-refractivity contribution is 7.85. The summed E-state index contributed by atoms with van der Waals surface area (Å²) in [6.45, 7) is 1.28. The van der Waals surface area contributed by atoms with E-state index in [0.29, 0.717) is 0 Å². The molecule has 0 bridgehead atoms. The van der Waals surface area contributed by atoms with Crippen LogP contribution in [0.1, 0.15) is 31.8 Å². The van der Waals surface area contributed by atoms with Gasteiger partial charge in [0.25, 0.3) is 10.1 Å². The molecule has 0 radical (unpaired) electrons. The van der Waals surface area contributed by atoms with Crippen molar-refractivity contribution in [2.75, 3.05) is 0 Å². The van der Waals surface area contributed by atoms with Crippen molar-refractivity contribution in [1.29, 1.82) is 0 Å². The zero-order valence-electron chi connectivity index (χ0n) is 11.5. The molecule has 2 aromatic rings. The number of carboxylic acids is 1. The molecular weight excluding hydrogens is 308 g/mol. The van der Waals surface area contributed by atoms with Crippen LogP contribution in [0.5, 0.6) is 0 Å². The van der Waals surface area contributed by atoms with Crippen molar-refractivity contribution in [2.45, 2.75) is 11.8 Å². The third kappa shape index (κ3) is 2.90. The van der Waals surface area contributed by atoms with Gasteiger partial charge < -0.3 is 5.11 Å². The lowest BCUT2D eigenvalue weighted by atomic mass is 9.94. The van der Waals surface area contributed by atoms with Crippen LogP contribution >= 0.6 is 0 Å². The van der Waals surface area contributed by atoms with Gasteiger partial charge in [-0.25, -0.2) is 4.79 Å². The lowest BCUT2D eigenvalue weighted by molar-refractivity contribution is 0.0692. The Kier molecular flexibility index (Phi) is 4.11. The summed E-state index contributed by atoms with van der Waals surface area (Å²) < 4.78 is 31.9. The highest BCUT2D eigenvalue weighted by atomic mass is 32.2. The van der Waals surface area contributed by atoms with Gasteiger partial charge in [0.2, 0.25) is 0 Å². The highest BCUT2D eigenvalue weighted by Crippen LogP contribution is 2.25. The Hall–Kier alpha value is -2.51. The van der Waals surface area contributed by atoms with Crippen LogP contribution in [0.25, 0.3) is 0 Å². The fourth-order valence-corrected chi connectivity index (χ4v) is 2.91. The van der Waals surface area contributed by atoms with Crippen molar-refractivity contribution >= 4 is 21.9 Å². The lowest BCUT2D eigenvalue weighted by Crippen LogP contribution is -2.15. The molecule has 6 nitrogen and oxygen atoms in total. The Morgan fingerprint density at radius 2 is 1.59 bits per heavy atom. The zero-order chi connectivity index (χ0) is 16.5. The van der Waals surface area contributed by atoms with Gasteiger partial charge in [-0.15, -0.1) is 0 Å². The first-order valence-electron chi connectivity index (χ1n) is 6.17. The summed E-state index contributed by atoms with van der Waals surface area (Å²) in [4.78, 5) is 23.3. The molecule has 0 fully saturated rings. The van der Waals surface area contributed by atoms with Crippen molar-refractivity contribution in [3.63, 3.8) is 0 Å². The van der Waals surface area contributed by atoms with E-state index in [4.69, 9.17) is 0 Å². The predicted molar refractivity (Wildman–Crippen MR) is 77.8 cm³/mol. The van der Waals surface area contributed by atoms with Gasteiger partial charge in [0.15, 0.2) is 5.78 Å². The summed E-state index contributed by atoms with van der Waals surface area (Å²) in [5.74, 6) is -1.98. The quantitative estimate of drug-likeness (QED) is 0.660. The number of carboxylic acid groups (broad SMARTS) is 1. The second-order valence-electron chi connectivity index (χ2n) is 4.59. The summed E-state index contributed by atoms with van der Waals surface area (Å²) in [6, 6.07) is 9.85. The van der Waals surface area contributed by atoms with Crippen LogP contribution in [-0.4, -0.2) is 29.8 Å². The predicted octanol–water partition coefficient (Wildman–Crippen LogP) is 2.17. The van der Waals surface area contributed by atoms with Gasteiger partial charge in [-0.1, -0.05) is 30.3 Å². The number of carbonyl (C=O) groups excluding carboxylic acids is 1. The van der Waals surface area contributed by atoms with E-state index in [1.54, 1.807) is 18.2 Å². The van der Waals surface area contributed by atoms with Gasteiger partial charge in [-0.2, -0.15) is 8.42 Å². The Morgan fingerprint density at radius 3 is 2.09 bits per heavy atom. The molecule has 2 N–H and O–H groups in total. The van der Waals surface area contributed by atoms with E-state index in [-0.39, 0.29) is 22.3 Å². The van der Waals surface area contributed by atoms with E-state index in [1.807, 2.05) is 0 Å². The summed E-state index contributed by atoms with van der Waals surface area (Å²) in [6.07, 6.45) is 0. The maximum absolute atomic E-state index is 12.5. The number of hydrogen-bond donors (Lipinski definition) is 2. The number of rotatable bonds is 4. The second-order valence-corrected chi connectivity index (χ2v) is 5.98. The first kappa shape index (κ1) is 15.9. The molecule has 0 atom stereocenters. The fourth-order valence-electron chi connectivity index (χ4n) is 2.18. The van der Waals surface area contributed by atoms with Crippen LogP contribution in [0, 0.1) is 6.92 Å². The average Bonchev–Trinajstić information content (AvgIpc) is 2.45. The Morgan fingerprint density at radius 1 is 1.00 bits per heavy atom. The number of hydrogen-bond acceptors (Lipinski definition) is 4. The topological polar surface area (TPSA) is 109 Å². The average molecular weight is 320 g/mol. The van der Waals surface area contributed by atoms with Crippen molar-refractivity contribution in [1.82, 2.24) is 0 Å². The minimum atomic E-state index is -4.56. The van der Waals surface area contributed by atoms with Gasteiger partial charge in [0, 0.05) is 11.1 Å². The van der Waals surface area contributed by atoms with Crippen molar-refractivity contribution in [3.8, 4) is 0 Å². The number of aromatic carboxylic acids is 1. The van der Waals surface area contributed by atoms with Crippen LogP contribution in [0.15, 0.2) is 47.4 Å². The van der Waals surface area contributed by atoms with E-state index in [0.717, 1.165) is 12.1 Å². The molecular formula is C15H12O6S. The number of ketones is 1. The van der Waals surface area contributed by atoms with Gasteiger partial charge >= 0.3 is 5.97 Å². The maximum Gasteiger partial charge on any atom is 0.336 e. The second kappa shape index (κ2) is 5.70. The summed E-state index contributed by atoms with van der Waals surface area (Å²) in [5.41, 5.74) is -0.454. The minimum Gasteiger partial charge on any atom is -0.478 e. The molecule has 0 aliphatic carbocycles. The molecule has 0 amide bonds. The standard InChI is InChI=1S/C15H12O6S/c1-9-12(22(19,20)21)8-7-11(15(17)18)13(9)14(16)10-5-3-2-4-6-10/h2-8H,1H3,(H,17,18)(H,19,20,21). The summed E-state index contributed by atoms with van der Waals surface area (Å²) >= 11 is 0. The molecule has 22 heavy (non-hydrogen) atoms. The molecule has 2 aromatic carbocycles. The third-order valence-electron chi connectivity index (χ3n) is 3.19. The lowest BCUT2D eigenvalue weighted by Gasteiger charge is -2.12. The molecule has 7 heteroatoms.